The summed E-state index contributed by atoms with van der Waals surface area (Å²) in [6, 6.07) is 0. The van der Waals surface area contributed by atoms with Gasteiger partial charge in [0.2, 0.25) is 0 Å². The minimum Gasteiger partial charge on any atom is -0.365 e. The second-order valence-corrected chi connectivity index (χ2v) is 1.34. The third-order valence-electron chi connectivity index (χ3n) is 0.775. The van der Waals surface area contributed by atoms with Crippen LogP contribution in [0.5, 0.6) is 0 Å². The van der Waals surface area contributed by atoms with Crippen LogP contribution in [-0.2, 0) is 0 Å². The van der Waals surface area contributed by atoms with Gasteiger partial charge in [0.05, 0.1) is 6.54 Å². The van der Waals surface area contributed by atoms with Crippen LogP contribution in [0.15, 0.2) is 0 Å². The molecule has 0 rings (SSSR count). The quantitative estimate of drug-likeness (QED) is 0.227. The van der Waals surface area contributed by atoms with E-state index in [-0.39, 0.29) is 6.54 Å². The van der Waals surface area contributed by atoms with Crippen molar-refractivity contribution in [2.45, 2.75) is 6.92 Å². The lowest BCUT2D eigenvalue weighted by atomic mass is 10.7. The molecule has 0 radical (unpaired) electrons. The van der Waals surface area contributed by atoms with Crippen LogP contribution in [0.4, 0.5) is 0 Å². The predicted octanol–water partition coefficient (Wildman–Crippen LogP) is -0.607. The Kier molecular flexibility index (Phi) is 2.43. The van der Waals surface area contributed by atoms with Gasteiger partial charge in [0.1, 0.15) is 0 Å². The zero-order chi connectivity index (χ0) is 7.44. The zero-order valence-electron chi connectivity index (χ0n) is 5.00. The lowest BCUT2D eigenvalue weighted by Gasteiger charge is -2.06. The number of hydrogen-bond acceptors (Lipinski definition) is 3. The van der Waals surface area contributed by atoms with Gasteiger partial charge in [0.25, 0.3) is 5.96 Å². The van der Waals surface area contributed by atoms with E-state index in [1.165, 1.54) is 0 Å². The van der Waals surface area contributed by atoms with Crippen molar-refractivity contribution < 1.29 is 5.03 Å². The van der Waals surface area contributed by atoms with Crippen LogP contribution < -0.4 is 5.73 Å². The molecule has 0 aromatic carbocycles. The van der Waals surface area contributed by atoms with Crippen LogP contribution in [0.25, 0.3) is 0 Å². The first-order chi connectivity index (χ1) is 4.09. The maximum Gasteiger partial charge on any atom is 0.251 e. The fourth-order valence-corrected chi connectivity index (χ4v) is 0.374. The third kappa shape index (κ3) is 1.94. The van der Waals surface area contributed by atoms with Gasteiger partial charge < -0.3 is 5.73 Å². The van der Waals surface area contributed by atoms with Gasteiger partial charge in [0.15, 0.2) is 5.03 Å². The highest BCUT2D eigenvalue weighted by molar-refractivity contribution is 5.73. The molecule has 9 heavy (non-hydrogen) atoms. The Morgan fingerprint density at radius 2 is 2.44 bits per heavy atom. The molecule has 0 spiro atoms. The molecule has 0 bridgehead atoms. The molecule has 6 nitrogen and oxygen atoms in total. The van der Waals surface area contributed by atoms with E-state index in [1.54, 1.807) is 6.92 Å². The van der Waals surface area contributed by atoms with E-state index < -0.39 is 11.0 Å². The summed E-state index contributed by atoms with van der Waals surface area (Å²) in [7, 11) is 0. The maximum absolute atomic E-state index is 9.88. The summed E-state index contributed by atoms with van der Waals surface area (Å²) in [5, 5.41) is 16.3. The smallest absolute Gasteiger partial charge is 0.251 e. The molecule has 0 saturated heterocycles. The number of nitrogens with zero attached hydrogens (tertiary/aromatic N) is 2. The fourth-order valence-electron chi connectivity index (χ4n) is 0.374. The van der Waals surface area contributed by atoms with Gasteiger partial charge in [-0.15, -0.1) is 0 Å². The van der Waals surface area contributed by atoms with E-state index in [0.29, 0.717) is 5.01 Å². The second kappa shape index (κ2) is 2.85. The first-order valence-electron chi connectivity index (χ1n) is 2.35. The Balaban J connectivity index is 3.99. The Morgan fingerprint density at radius 3 is 2.44 bits per heavy atom. The van der Waals surface area contributed by atoms with E-state index in [0.717, 1.165) is 0 Å². The number of guanidine groups is 1. The van der Waals surface area contributed by atoms with E-state index >= 15 is 0 Å². The lowest BCUT2D eigenvalue weighted by Crippen LogP contribution is -2.40. The minimum absolute atomic E-state index is 0.113. The van der Waals surface area contributed by atoms with Gasteiger partial charge in [-0.1, -0.05) is 5.01 Å². The standard InChI is InChI=1S/C3H8N4O2/c1-2-6(3(4)5)7(8)9/h2H2,1H3,(H3,4,5). The van der Waals surface area contributed by atoms with E-state index in [1.807, 2.05) is 0 Å². The second-order valence-electron chi connectivity index (χ2n) is 1.34. The van der Waals surface area contributed by atoms with Crippen molar-refractivity contribution in [3.63, 3.8) is 0 Å². The number of hydrazine groups is 1. The van der Waals surface area contributed by atoms with E-state index in [9.17, 15) is 10.1 Å². The molecule has 52 valence electrons. The molecule has 0 saturated carbocycles. The summed E-state index contributed by atoms with van der Waals surface area (Å²) < 4.78 is 0. The Hall–Kier alpha value is -1.33. The van der Waals surface area contributed by atoms with Crippen LogP contribution in [0.2, 0.25) is 0 Å². The number of rotatable bonds is 2. The average Bonchev–Trinajstić information content (AvgIpc) is 1.64. The molecule has 0 heterocycles. The monoisotopic (exact) mass is 132 g/mol. The summed E-state index contributed by atoms with van der Waals surface area (Å²) in [5.74, 6) is -0.539. The van der Waals surface area contributed by atoms with Gasteiger partial charge >= 0.3 is 0 Å². The van der Waals surface area contributed by atoms with Gasteiger partial charge in [-0.05, 0) is 6.92 Å². The first kappa shape index (κ1) is 7.67. The minimum atomic E-state index is -0.720. The molecule has 0 aromatic rings. The Bertz CT molecular complexity index is 120. The van der Waals surface area contributed by atoms with Crippen molar-refractivity contribution in [3.8, 4) is 0 Å². The van der Waals surface area contributed by atoms with Crippen LogP contribution in [0.3, 0.4) is 0 Å². The van der Waals surface area contributed by atoms with Crippen molar-refractivity contribution in [1.82, 2.24) is 5.01 Å². The molecular weight excluding hydrogens is 124 g/mol. The molecule has 0 fully saturated rings. The number of hydrogen-bond donors (Lipinski definition) is 2. The van der Waals surface area contributed by atoms with Crippen LogP contribution >= 0.6 is 0 Å². The molecule has 0 amide bonds. The molecule has 0 unspecified atom stereocenters. The van der Waals surface area contributed by atoms with Gasteiger partial charge in [-0.2, -0.15) is 0 Å². The van der Waals surface area contributed by atoms with Crippen molar-refractivity contribution in [3.05, 3.63) is 10.1 Å². The number of nitrogens with two attached hydrogens (primary N) is 1. The highest BCUT2D eigenvalue weighted by atomic mass is 16.7. The highest BCUT2D eigenvalue weighted by Crippen LogP contribution is 1.83. The van der Waals surface area contributed by atoms with E-state index in [2.05, 4.69) is 0 Å². The largest absolute Gasteiger partial charge is 0.365 e. The average molecular weight is 132 g/mol. The van der Waals surface area contributed by atoms with Crippen LogP contribution in [0.1, 0.15) is 6.92 Å². The zero-order valence-corrected chi connectivity index (χ0v) is 5.00. The third-order valence-corrected chi connectivity index (χ3v) is 0.775. The Morgan fingerprint density at radius 1 is 2.00 bits per heavy atom. The topological polar surface area (TPSA) is 96.2 Å². The fraction of sp³-hybridized carbons (Fsp3) is 0.667. The SMILES string of the molecule is CCN(C(=N)N)[N+](=O)[O-]. The van der Waals surface area contributed by atoms with Crippen molar-refractivity contribution in [1.29, 1.82) is 5.41 Å². The molecule has 0 aliphatic rings. The van der Waals surface area contributed by atoms with E-state index in [4.69, 9.17) is 11.1 Å². The van der Waals surface area contributed by atoms with Crippen molar-refractivity contribution in [2.24, 2.45) is 5.73 Å². The molecule has 0 aliphatic carbocycles. The lowest BCUT2D eigenvalue weighted by molar-refractivity contribution is -0.629. The normalized spacial score (nSPS) is 8.56. The molecular formula is C3H8N4O2. The summed E-state index contributed by atoms with van der Waals surface area (Å²) in [6.07, 6.45) is 0. The molecule has 0 aliphatic heterocycles. The van der Waals surface area contributed by atoms with Gasteiger partial charge in [0, 0.05) is 0 Å². The summed E-state index contributed by atoms with van der Waals surface area (Å²) in [5.41, 5.74) is 4.82. The summed E-state index contributed by atoms with van der Waals surface area (Å²) in [4.78, 5) is 9.88. The Labute approximate surface area is 51.9 Å². The maximum atomic E-state index is 9.88. The predicted molar refractivity (Wildman–Crippen MR) is 31.3 cm³/mol. The number of nitro groups is 1. The highest BCUT2D eigenvalue weighted by Gasteiger charge is 2.13. The van der Waals surface area contributed by atoms with Crippen molar-refractivity contribution >= 4 is 5.96 Å². The molecule has 3 N–H and O–H groups in total. The van der Waals surface area contributed by atoms with Gasteiger partial charge in [-0.25, -0.2) is 10.1 Å². The van der Waals surface area contributed by atoms with Crippen molar-refractivity contribution in [2.75, 3.05) is 6.54 Å². The summed E-state index contributed by atoms with van der Waals surface area (Å²) >= 11 is 0. The summed E-state index contributed by atoms with van der Waals surface area (Å²) in [6.45, 7) is 1.66. The van der Waals surface area contributed by atoms with Crippen LogP contribution in [0, 0.1) is 15.5 Å². The van der Waals surface area contributed by atoms with Gasteiger partial charge in [-0.3, -0.25) is 5.41 Å². The number of nitrogens with one attached hydrogen (secondary N) is 1. The molecule has 0 atom stereocenters. The van der Waals surface area contributed by atoms with Crippen LogP contribution in [-0.4, -0.2) is 22.5 Å². The molecule has 6 heteroatoms. The molecule has 0 aromatic heterocycles. The first-order valence-corrected chi connectivity index (χ1v) is 2.35.